The number of carbonyl (C=O) groups excluding carboxylic acids is 1. The van der Waals surface area contributed by atoms with Gasteiger partial charge in [-0.05, 0) is 59.5 Å². The molecule has 0 aliphatic heterocycles. The lowest BCUT2D eigenvalue weighted by Gasteiger charge is -2.18. The first-order valence-electron chi connectivity index (χ1n) is 9.44. The molecule has 0 aliphatic rings. The highest BCUT2D eigenvalue weighted by molar-refractivity contribution is 6.10. The van der Waals surface area contributed by atoms with Crippen LogP contribution in [0.15, 0.2) is 66.7 Å². The minimum atomic E-state index is -0.278. The van der Waals surface area contributed by atoms with Gasteiger partial charge in [0.1, 0.15) is 11.5 Å². The number of carbonyl (C=O) groups is 1. The molecule has 3 nitrogen and oxygen atoms in total. The maximum absolute atomic E-state index is 12.9. The van der Waals surface area contributed by atoms with E-state index in [1.807, 2.05) is 12.1 Å². The molecular weight excluding hydrogens is 475 g/mol. The lowest BCUT2D eigenvalue weighted by atomic mass is 9.87. The third kappa shape index (κ3) is 5.18. The maximum Gasteiger partial charge on any atom is 0.357 e. The summed E-state index contributed by atoms with van der Waals surface area (Å²) >= 11 is -0.278. The van der Waals surface area contributed by atoms with Crippen LogP contribution in [0.2, 0.25) is 0 Å². The summed E-state index contributed by atoms with van der Waals surface area (Å²) in [6, 6.07) is 22.1. The van der Waals surface area contributed by atoms with E-state index in [-0.39, 0.29) is 32.4 Å². The van der Waals surface area contributed by atoms with Crippen LogP contribution in [0.3, 0.4) is 0 Å². The minimum absolute atomic E-state index is 0.0521. The molecule has 0 radical (unpaired) electrons. The minimum Gasteiger partial charge on any atom is -0.497 e. The van der Waals surface area contributed by atoms with Gasteiger partial charge in [0.25, 0.3) is 0 Å². The van der Waals surface area contributed by atoms with Crippen LogP contribution in [0.1, 0.15) is 42.3 Å². The molecule has 0 saturated heterocycles. The summed E-state index contributed by atoms with van der Waals surface area (Å²) in [6.07, 6.45) is 0. The van der Waals surface area contributed by atoms with Crippen LogP contribution >= 0.6 is 0 Å². The average Bonchev–Trinajstić information content (AvgIpc) is 2.73. The summed E-state index contributed by atoms with van der Waals surface area (Å²) in [5, 5.41) is 0. The summed E-state index contributed by atoms with van der Waals surface area (Å²) in [6.45, 7) is 6.68. The molecule has 0 unspecified atom stereocenters. The van der Waals surface area contributed by atoms with E-state index < -0.39 is 0 Å². The molecule has 0 aliphatic carbocycles. The van der Waals surface area contributed by atoms with Gasteiger partial charge in [0.2, 0.25) is 0 Å². The van der Waals surface area contributed by atoms with Crippen molar-refractivity contribution in [3.05, 3.63) is 90.6 Å². The van der Waals surface area contributed by atoms with E-state index in [0.29, 0.717) is 22.6 Å². The van der Waals surface area contributed by atoms with E-state index in [0.717, 1.165) is 0 Å². The molecule has 3 aromatic rings. The van der Waals surface area contributed by atoms with Crippen molar-refractivity contribution in [3.8, 4) is 11.5 Å². The Balaban J connectivity index is 1.75. The Morgan fingerprint density at radius 3 is 1.90 bits per heavy atom. The Kier molecular flexibility index (Phi) is 6.63. The zero-order valence-electron chi connectivity index (χ0n) is 17.5. The molecular formula is C25H26IO3+. The number of ketones is 1. The van der Waals surface area contributed by atoms with Crippen molar-refractivity contribution in [3.63, 3.8) is 0 Å². The van der Waals surface area contributed by atoms with Gasteiger partial charge < -0.3 is 9.47 Å². The molecule has 150 valence electrons. The van der Waals surface area contributed by atoms with E-state index in [1.165, 1.54) is 12.7 Å². The third-order valence-corrected chi connectivity index (χ3v) is 7.37. The van der Waals surface area contributed by atoms with Crippen molar-refractivity contribution in [1.29, 1.82) is 0 Å². The van der Waals surface area contributed by atoms with Gasteiger partial charge in [-0.15, -0.1) is 0 Å². The predicted octanol–water partition coefficient (Wildman–Crippen LogP) is 2.36. The van der Waals surface area contributed by atoms with Gasteiger partial charge in [-0.1, -0.05) is 32.9 Å². The van der Waals surface area contributed by atoms with E-state index in [4.69, 9.17) is 9.47 Å². The number of benzene rings is 3. The number of halogens is 1. The average molecular weight is 501 g/mol. The predicted molar refractivity (Wildman–Crippen MR) is 112 cm³/mol. The van der Waals surface area contributed by atoms with Crippen LogP contribution < -0.4 is 30.7 Å². The molecule has 3 rings (SSSR count). The molecule has 0 saturated carbocycles. The monoisotopic (exact) mass is 501 g/mol. The van der Waals surface area contributed by atoms with Crippen molar-refractivity contribution in [2.24, 2.45) is 0 Å². The van der Waals surface area contributed by atoms with Crippen molar-refractivity contribution in [1.82, 2.24) is 0 Å². The topological polar surface area (TPSA) is 35.5 Å². The fourth-order valence-corrected chi connectivity index (χ4v) is 5.10. The Labute approximate surface area is 183 Å². The molecule has 29 heavy (non-hydrogen) atoms. The molecule has 0 aromatic heterocycles. The second-order valence-corrected chi connectivity index (χ2v) is 10.8. The van der Waals surface area contributed by atoms with E-state index in [9.17, 15) is 4.79 Å². The Hall–Kier alpha value is -2.34. The highest BCUT2D eigenvalue weighted by atomic mass is 127. The van der Waals surface area contributed by atoms with Gasteiger partial charge in [-0.2, -0.15) is 0 Å². The highest BCUT2D eigenvalue weighted by Crippen LogP contribution is 2.26. The SMILES string of the molecule is COc1ccc(C(=O)c2ccc([I+]c3ccc(C(C)(C)C)cc3)cc2)c(OC)c1. The first-order valence-corrected chi connectivity index (χ1v) is 11.6. The molecule has 0 atom stereocenters. The van der Waals surface area contributed by atoms with Gasteiger partial charge in [0.15, 0.2) is 12.9 Å². The van der Waals surface area contributed by atoms with Crippen LogP contribution in [0.4, 0.5) is 0 Å². The third-order valence-electron chi connectivity index (χ3n) is 4.69. The Bertz CT molecular complexity index is 984. The fraction of sp³-hybridized carbons (Fsp3) is 0.240. The van der Waals surface area contributed by atoms with Gasteiger partial charge in [0.05, 0.1) is 19.8 Å². The number of methoxy groups -OCH3 is 2. The van der Waals surface area contributed by atoms with E-state index >= 15 is 0 Å². The smallest absolute Gasteiger partial charge is 0.357 e. The fourth-order valence-electron chi connectivity index (χ4n) is 2.94. The molecule has 0 N–H and O–H groups in total. The van der Waals surface area contributed by atoms with Gasteiger partial charge in [-0.25, -0.2) is 0 Å². The van der Waals surface area contributed by atoms with E-state index in [1.54, 1.807) is 32.4 Å². The zero-order valence-corrected chi connectivity index (χ0v) is 19.6. The summed E-state index contributed by atoms with van der Waals surface area (Å²) < 4.78 is 13.2. The van der Waals surface area contributed by atoms with Gasteiger partial charge in [0, 0.05) is 11.6 Å². The molecule has 0 bridgehead atoms. The lowest BCUT2D eigenvalue weighted by Crippen LogP contribution is -3.61. The van der Waals surface area contributed by atoms with Gasteiger partial charge in [-0.3, -0.25) is 4.79 Å². The molecule has 0 spiro atoms. The molecule has 3 aromatic carbocycles. The van der Waals surface area contributed by atoms with Gasteiger partial charge >= 0.3 is 21.2 Å². The first-order chi connectivity index (χ1) is 13.8. The van der Waals surface area contributed by atoms with Crippen LogP contribution in [0.25, 0.3) is 0 Å². The lowest BCUT2D eigenvalue weighted by molar-refractivity contribution is -0.597. The summed E-state index contributed by atoms with van der Waals surface area (Å²) in [7, 11) is 3.15. The number of hydrogen-bond donors (Lipinski definition) is 0. The summed E-state index contributed by atoms with van der Waals surface area (Å²) in [4.78, 5) is 12.9. The number of rotatable bonds is 6. The van der Waals surface area contributed by atoms with Crippen molar-refractivity contribution in [2.75, 3.05) is 14.2 Å². The molecule has 0 fully saturated rings. The highest BCUT2D eigenvalue weighted by Gasteiger charge is 2.20. The standard InChI is InChI=1S/C25H26IO3/c1-25(2,3)18-8-12-20(13-9-18)26-19-10-6-17(7-11-19)24(27)22-15-14-21(28-4)16-23(22)29-5/h6-16H,1-5H3/q+1. The number of hydrogen-bond acceptors (Lipinski definition) is 3. The van der Waals surface area contributed by atoms with Crippen LogP contribution in [-0.4, -0.2) is 20.0 Å². The summed E-state index contributed by atoms with van der Waals surface area (Å²) in [5.41, 5.74) is 2.71. The zero-order chi connectivity index (χ0) is 21.0. The van der Waals surface area contributed by atoms with Crippen molar-refractivity contribution >= 4 is 5.78 Å². The van der Waals surface area contributed by atoms with Crippen LogP contribution in [-0.2, 0) is 5.41 Å². The van der Waals surface area contributed by atoms with Crippen LogP contribution in [0, 0.1) is 7.14 Å². The second-order valence-electron chi connectivity index (χ2n) is 7.75. The molecule has 0 heterocycles. The molecule has 4 heteroatoms. The van der Waals surface area contributed by atoms with Crippen molar-refractivity contribution in [2.45, 2.75) is 26.2 Å². The normalized spacial score (nSPS) is 11.2. The Morgan fingerprint density at radius 1 is 0.793 bits per heavy atom. The number of ether oxygens (including phenoxy) is 2. The van der Waals surface area contributed by atoms with E-state index in [2.05, 4.69) is 57.2 Å². The van der Waals surface area contributed by atoms with Crippen LogP contribution in [0.5, 0.6) is 11.5 Å². The summed E-state index contributed by atoms with van der Waals surface area (Å²) in [5.74, 6) is 1.13. The van der Waals surface area contributed by atoms with Crippen molar-refractivity contribution < 1.29 is 35.5 Å². The second kappa shape index (κ2) is 8.99. The first kappa shape index (κ1) is 21.4. The Morgan fingerprint density at radius 2 is 1.38 bits per heavy atom. The quantitative estimate of drug-likeness (QED) is 0.385. The maximum atomic E-state index is 12.9. The molecule has 0 amide bonds. The largest absolute Gasteiger partial charge is 0.497 e.